The molecule has 13 heteroatoms. The molecule has 5 amide bonds. The fraction of sp³-hybridized carbons (Fsp3) is 0.667. The third kappa shape index (κ3) is 6.64. The molecule has 0 radical (unpaired) electrons. The first-order valence-electron chi connectivity index (χ1n) is 9.81. The van der Waals surface area contributed by atoms with Gasteiger partial charge in [0.1, 0.15) is 12.1 Å². The van der Waals surface area contributed by atoms with Crippen molar-refractivity contribution >= 4 is 35.7 Å². The maximum Gasteiger partial charge on any atom is 0.344 e. The fourth-order valence-electron chi connectivity index (χ4n) is 3.22. The second kappa shape index (κ2) is 11.2. The van der Waals surface area contributed by atoms with E-state index >= 15 is 0 Å². The highest BCUT2D eigenvalue weighted by atomic mass is 16.4. The summed E-state index contributed by atoms with van der Waals surface area (Å²) in [5, 5.41) is 24.2. The number of nitrogens with one attached hydrogen (secondary N) is 2. The molecule has 0 aliphatic carbocycles. The Hall–Kier alpha value is -3.22. The maximum absolute atomic E-state index is 13.2. The molecule has 31 heavy (non-hydrogen) atoms. The Kier molecular flexibility index (Phi) is 9.37. The molecule has 1 fully saturated rings. The van der Waals surface area contributed by atoms with E-state index in [0.717, 1.165) is 6.92 Å². The number of hydrogen-bond acceptors (Lipinski definition) is 7. The zero-order valence-electron chi connectivity index (χ0n) is 17.7. The number of carboxylic acids is 2. The van der Waals surface area contributed by atoms with Crippen molar-refractivity contribution in [2.45, 2.75) is 64.6 Å². The second-order valence-electron chi connectivity index (χ2n) is 7.50. The summed E-state index contributed by atoms with van der Waals surface area (Å²) in [4.78, 5) is 73.3. The van der Waals surface area contributed by atoms with Crippen molar-refractivity contribution in [3.63, 3.8) is 0 Å². The van der Waals surface area contributed by atoms with E-state index in [0.29, 0.717) is 29.4 Å². The number of carboxylic acid groups (broad SMARTS) is 2. The van der Waals surface area contributed by atoms with Crippen LogP contribution < -0.4 is 16.4 Å². The highest BCUT2D eigenvalue weighted by Gasteiger charge is 2.49. The van der Waals surface area contributed by atoms with Crippen molar-refractivity contribution in [3.05, 3.63) is 0 Å². The number of unbranched alkanes of at least 4 members (excludes halogenated alkanes) is 1. The third-order valence-electron chi connectivity index (χ3n) is 4.59. The molecule has 0 aromatic heterocycles. The van der Waals surface area contributed by atoms with Crippen molar-refractivity contribution < 1.29 is 39.0 Å². The molecule has 1 aliphatic rings. The van der Waals surface area contributed by atoms with E-state index in [9.17, 15) is 33.9 Å². The number of imide groups is 1. The first-order chi connectivity index (χ1) is 14.4. The molecule has 0 unspecified atom stereocenters. The van der Waals surface area contributed by atoms with Crippen LogP contribution in [0.15, 0.2) is 0 Å². The monoisotopic (exact) mass is 443 g/mol. The normalized spacial score (nSPS) is 17.8. The molecule has 13 nitrogen and oxygen atoms in total. The number of hydrazine groups is 1. The number of nitrogens with zero attached hydrogens (tertiary/aromatic N) is 2. The molecule has 0 spiro atoms. The van der Waals surface area contributed by atoms with Gasteiger partial charge in [0.25, 0.3) is 11.8 Å². The first-order valence-corrected chi connectivity index (χ1v) is 9.81. The summed E-state index contributed by atoms with van der Waals surface area (Å²) >= 11 is 0. The minimum absolute atomic E-state index is 0.226. The zero-order chi connectivity index (χ0) is 23.9. The van der Waals surface area contributed by atoms with Crippen LogP contribution in [-0.4, -0.2) is 80.6 Å². The van der Waals surface area contributed by atoms with Crippen LogP contribution >= 0.6 is 0 Å². The van der Waals surface area contributed by atoms with Gasteiger partial charge in [-0.05, 0) is 31.7 Å². The lowest BCUT2D eigenvalue weighted by Crippen LogP contribution is -2.63. The topological polar surface area (TPSA) is 199 Å². The minimum Gasteiger partial charge on any atom is -0.481 e. The average molecular weight is 443 g/mol. The van der Waals surface area contributed by atoms with Crippen LogP contribution in [0.1, 0.15) is 46.5 Å². The second-order valence-corrected chi connectivity index (χ2v) is 7.50. The van der Waals surface area contributed by atoms with Crippen molar-refractivity contribution in [1.29, 1.82) is 0 Å². The molecule has 0 aromatic rings. The Bertz CT molecular complexity index is 724. The molecular weight excluding hydrogens is 414 g/mol. The number of carbonyl (C=O) groups excluding carboxylic acids is 4. The summed E-state index contributed by atoms with van der Waals surface area (Å²) in [6.45, 7) is 4.34. The van der Waals surface area contributed by atoms with Gasteiger partial charge in [-0.25, -0.2) is 14.6 Å². The molecule has 1 saturated heterocycles. The van der Waals surface area contributed by atoms with Crippen LogP contribution in [0.5, 0.6) is 0 Å². The highest BCUT2D eigenvalue weighted by Crippen LogP contribution is 2.22. The van der Waals surface area contributed by atoms with Crippen LogP contribution in [0.25, 0.3) is 0 Å². The van der Waals surface area contributed by atoms with Gasteiger partial charge in [0, 0.05) is 6.92 Å². The minimum atomic E-state index is -1.69. The summed E-state index contributed by atoms with van der Waals surface area (Å²) in [5.74, 6) is -6.51. The van der Waals surface area contributed by atoms with Gasteiger partial charge >= 0.3 is 18.0 Å². The quantitative estimate of drug-likeness (QED) is 0.183. The summed E-state index contributed by atoms with van der Waals surface area (Å²) < 4.78 is 0. The van der Waals surface area contributed by atoms with Crippen LogP contribution in [-0.2, 0) is 24.0 Å². The third-order valence-corrected chi connectivity index (χ3v) is 4.59. The summed E-state index contributed by atoms with van der Waals surface area (Å²) in [7, 11) is 0. The van der Waals surface area contributed by atoms with Crippen molar-refractivity contribution in [3.8, 4) is 0 Å². The van der Waals surface area contributed by atoms with Crippen molar-refractivity contribution in [2.24, 2.45) is 11.7 Å². The lowest BCUT2D eigenvalue weighted by atomic mass is 10.0. The van der Waals surface area contributed by atoms with Crippen LogP contribution in [0, 0.1) is 5.92 Å². The fourth-order valence-corrected chi connectivity index (χ4v) is 3.22. The molecule has 1 heterocycles. The molecule has 0 aromatic carbocycles. The number of nitrogens with two attached hydrogens (primary N) is 1. The summed E-state index contributed by atoms with van der Waals surface area (Å²) in [6, 6.07) is -5.36. The number of carbonyl (C=O) groups is 6. The number of rotatable bonds is 12. The summed E-state index contributed by atoms with van der Waals surface area (Å²) in [6.07, 6.45) is 0.456. The Morgan fingerprint density at radius 3 is 2.26 bits per heavy atom. The molecule has 1 aliphatic heterocycles. The SMILES string of the molecule is CC(=O)N[C@@H](CC(=O)O)C(=O)N([C@H](C(=O)O)C(C)C)N1C(=O)N[C@@H](CCCCN)C1=O. The molecule has 174 valence electrons. The average Bonchev–Trinajstić information content (AvgIpc) is 2.91. The van der Waals surface area contributed by atoms with Gasteiger partial charge in [-0.2, -0.15) is 5.01 Å². The van der Waals surface area contributed by atoms with Gasteiger partial charge in [-0.15, -0.1) is 0 Å². The molecule has 1 rings (SSSR count). The lowest BCUT2D eigenvalue weighted by molar-refractivity contribution is -0.172. The van der Waals surface area contributed by atoms with Gasteiger partial charge in [0.15, 0.2) is 6.04 Å². The molecule has 0 bridgehead atoms. The Morgan fingerprint density at radius 1 is 1.19 bits per heavy atom. The predicted octanol–water partition coefficient (Wildman–Crippen LogP) is -1.13. The number of amides is 5. The Morgan fingerprint density at radius 2 is 1.81 bits per heavy atom. The predicted molar refractivity (Wildman–Crippen MR) is 105 cm³/mol. The molecule has 0 saturated carbocycles. The van der Waals surface area contributed by atoms with Gasteiger partial charge in [-0.3, -0.25) is 19.2 Å². The highest BCUT2D eigenvalue weighted by molar-refractivity contribution is 6.06. The van der Waals surface area contributed by atoms with Gasteiger partial charge in [-0.1, -0.05) is 13.8 Å². The van der Waals surface area contributed by atoms with Gasteiger partial charge in [0.2, 0.25) is 5.91 Å². The maximum atomic E-state index is 13.2. The number of aliphatic carboxylic acids is 2. The zero-order valence-corrected chi connectivity index (χ0v) is 17.7. The largest absolute Gasteiger partial charge is 0.481 e. The van der Waals surface area contributed by atoms with Crippen molar-refractivity contribution in [2.75, 3.05) is 6.54 Å². The first kappa shape index (κ1) is 25.8. The van der Waals surface area contributed by atoms with E-state index in [1.807, 2.05) is 0 Å². The van der Waals surface area contributed by atoms with Crippen LogP contribution in [0.2, 0.25) is 0 Å². The Labute approximate surface area is 178 Å². The van der Waals surface area contributed by atoms with E-state index in [4.69, 9.17) is 10.8 Å². The van der Waals surface area contributed by atoms with E-state index < -0.39 is 66.2 Å². The summed E-state index contributed by atoms with van der Waals surface area (Å²) in [5.41, 5.74) is 5.43. The molecule has 3 atom stereocenters. The van der Waals surface area contributed by atoms with Gasteiger partial charge in [0.05, 0.1) is 6.42 Å². The van der Waals surface area contributed by atoms with E-state index in [1.165, 1.54) is 13.8 Å². The number of hydrogen-bond donors (Lipinski definition) is 5. The molecule has 6 N–H and O–H groups in total. The van der Waals surface area contributed by atoms with E-state index in [-0.39, 0.29) is 6.42 Å². The van der Waals surface area contributed by atoms with E-state index in [2.05, 4.69) is 10.6 Å². The van der Waals surface area contributed by atoms with E-state index in [1.54, 1.807) is 0 Å². The standard InChI is InChI=1S/C18H29N5O8/c1-9(2)14(17(29)30)22(16(28)12(8-13(25)26)20-10(3)24)23-15(27)11(21-18(23)31)6-4-5-7-19/h9,11-12,14H,4-8,19H2,1-3H3,(H,20,24)(H,21,31)(H,25,26)(H,29,30)/t11-,12-,14-/m0/s1. The Balaban J connectivity index is 3.40. The number of urea groups is 1. The van der Waals surface area contributed by atoms with Crippen LogP contribution in [0.4, 0.5) is 4.79 Å². The van der Waals surface area contributed by atoms with Crippen molar-refractivity contribution in [1.82, 2.24) is 20.7 Å². The van der Waals surface area contributed by atoms with Crippen LogP contribution in [0.3, 0.4) is 0 Å². The smallest absolute Gasteiger partial charge is 0.344 e. The lowest BCUT2D eigenvalue weighted by Gasteiger charge is -2.37. The van der Waals surface area contributed by atoms with Gasteiger partial charge < -0.3 is 26.6 Å². The molecular formula is C18H29N5O8.